The molecule has 0 N–H and O–H groups in total. The molecule has 0 unspecified atom stereocenters. The minimum Gasteiger partial charge on any atom is -0.417 e. The first-order valence-corrected chi connectivity index (χ1v) is 10.2. The molecule has 1 rings (SSSR count). The van der Waals surface area contributed by atoms with Crippen LogP contribution in [0.5, 0.6) is 5.95 Å². The number of amides is 1. The third-order valence-corrected chi connectivity index (χ3v) is 3.16. The monoisotopic (exact) mass is 293 g/mol. The third-order valence-electron chi connectivity index (χ3n) is 2.28. The number of hydrogen-bond acceptors (Lipinski definition) is 3. The van der Waals surface area contributed by atoms with Crippen LogP contribution < -0.4 is 4.74 Å². The molecule has 20 heavy (non-hydrogen) atoms. The number of carbonyl (C=O) groups is 1. The zero-order valence-corrected chi connectivity index (χ0v) is 14.1. The second-order valence-corrected chi connectivity index (χ2v) is 11.0. The van der Waals surface area contributed by atoms with Crippen molar-refractivity contribution in [3.05, 3.63) is 17.9 Å². The highest BCUT2D eigenvalue weighted by Gasteiger charge is 2.14. The maximum Gasteiger partial charge on any atom is 0.417 e. The van der Waals surface area contributed by atoms with Gasteiger partial charge >= 0.3 is 6.09 Å². The molecule has 1 amide bonds. The van der Waals surface area contributed by atoms with Gasteiger partial charge in [0.1, 0.15) is 8.07 Å². The van der Waals surface area contributed by atoms with E-state index in [1.54, 1.807) is 19.2 Å². The standard InChI is InChI=1S/C15H23NO3Si/c1-12(2)11-16(3)15(17)19-14-8-7-13(18-14)9-10-20(4,5)6/h7-8,12H,11H2,1-6H3. The van der Waals surface area contributed by atoms with Crippen LogP contribution in [0.25, 0.3) is 0 Å². The largest absolute Gasteiger partial charge is 0.417 e. The van der Waals surface area contributed by atoms with Crippen molar-refractivity contribution < 1.29 is 13.9 Å². The Hall–Kier alpha value is -1.67. The van der Waals surface area contributed by atoms with Gasteiger partial charge in [0.05, 0.1) is 0 Å². The Labute approximate surface area is 122 Å². The average molecular weight is 293 g/mol. The van der Waals surface area contributed by atoms with Gasteiger partial charge < -0.3 is 14.1 Å². The summed E-state index contributed by atoms with van der Waals surface area (Å²) in [5.74, 6) is 4.09. The number of furan rings is 1. The summed E-state index contributed by atoms with van der Waals surface area (Å²) in [6.07, 6.45) is -0.419. The highest BCUT2D eigenvalue weighted by molar-refractivity contribution is 6.83. The molecule has 0 atom stereocenters. The number of carbonyl (C=O) groups excluding carboxylic acids is 1. The zero-order chi connectivity index (χ0) is 15.3. The van der Waals surface area contributed by atoms with Gasteiger partial charge in [0.25, 0.3) is 5.95 Å². The van der Waals surface area contributed by atoms with Gasteiger partial charge in [-0.2, -0.15) is 0 Å². The van der Waals surface area contributed by atoms with Gasteiger partial charge in [-0.25, -0.2) is 4.79 Å². The highest BCUT2D eigenvalue weighted by atomic mass is 28.3. The predicted molar refractivity (Wildman–Crippen MR) is 82.4 cm³/mol. The lowest BCUT2D eigenvalue weighted by Gasteiger charge is -2.17. The smallest absolute Gasteiger partial charge is 0.417 e. The average Bonchev–Trinajstić information content (AvgIpc) is 2.72. The second-order valence-electron chi connectivity index (χ2n) is 6.26. The number of nitrogens with zero attached hydrogens (tertiary/aromatic N) is 1. The van der Waals surface area contributed by atoms with Gasteiger partial charge in [-0.3, -0.25) is 0 Å². The van der Waals surface area contributed by atoms with Crippen molar-refractivity contribution in [2.75, 3.05) is 13.6 Å². The molecule has 5 heteroatoms. The summed E-state index contributed by atoms with van der Waals surface area (Å²) in [5.41, 5.74) is 3.20. The van der Waals surface area contributed by atoms with Gasteiger partial charge in [0, 0.05) is 19.7 Å². The van der Waals surface area contributed by atoms with E-state index in [0.717, 1.165) is 0 Å². The molecule has 1 aromatic rings. The highest BCUT2D eigenvalue weighted by Crippen LogP contribution is 2.16. The summed E-state index contributed by atoms with van der Waals surface area (Å²) in [6, 6.07) is 3.34. The van der Waals surface area contributed by atoms with Gasteiger partial charge in [-0.15, -0.1) is 5.54 Å². The SMILES string of the molecule is CC(C)CN(C)C(=O)Oc1ccc(C#C[Si](C)(C)C)o1. The molecule has 4 nitrogen and oxygen atoms in total. The lowest BCUT2D eigenvalue weighted by Crippen LogP contribution is -2.32. The van der Waals surface area contributed by atoms with Gasteiger partial charge in [-0.1, -0.05) is 33.5 Å². The summed E-state index contributed by atoms with van der Waals surface area (Å²) < 4.78 is 10.5. The quantitative estimate of drug-likeness (QED) is 0.632. The van der Waals surface area contributed by atoms with E-state index in [2.05, 4.69) is 31.1 Å². The maximum atomic E-state index is 11.8. The Kier molecular flexibility index (Phi) is 5.46. The lowest BCUT2D eigenvalue weighted by atomic mass is 10.2. The molecule has 0 radical (unpaired) electrons. The molecular weight excluding hydrogens is 270 g/mol. The van der Waals surface area contributed by atoms with Crippen molar-refractivity contribution in [1.29, 1.82) is 0 Å². The van der Waals surface area contributed by atoms with Crippen LogP contribution in [-0.4, -0.2) is 32.7 Å². The van der Waals surface area contributed by atoms with Crippen molar-refractivity contribution in [2.45, 2.75) is 33.5 Å². The molecule has 1 heterocycles. The van der Waals surface area contributed by atoms with Crippen molar-refractivity contribution in [1.82, 2.24) is 4.90 Å². The normalized spacial score (nSPS) is 10.9. The molecule has 0 spiro atoms. The molecule has 0 saturated heterocycles. The molecule has 0 fully saturated rings. The lowest BCUT2D eigenvalue weighted by molar-refractivity contribution is 0.146. The summed E-state index contributed by atoms with van der Waals surface area (Å²) in [6.45, 7) is 11.2. The fourth-order valence-corrected chi connectivity index (χ4v) is 1.98. The molecular formula is C15H23NO3Si. The topological polar surface area (TPSA) is 42.7 Å². The fraction of sp³-hybridized carbons (Fsp3) is 0.533. The second kappa shape index (κ2) is 6.66. The summed E-state index contributed by atoms with van der Waals surface area (Å²) in [4.78, 5) is 13.3. The van der Waals surface area contributed by atoms with E-state index in [9.17, 15) is 4.79 Å². The maximum absolute atomic E-state index is 11.8. The molecule has 0 aliphatic rings. The molecule has 0 saturated carbocycles. The number of ether oxygens (including phenoxy) is 1. The van der Waals surface area contributed by atoms with Gasteiger partial charge in [-0.05, 0) is 17.9 Å². The minimum atomic E-state index is -1.44. The summed E-state index contributed by atoms with van der Waals surface area (Å²) in [5, 5.41) is 0. The Morgan fingerprint density at radius 3 is 2.60 bits per heavy atom. The summed E-state index contributed by atoms with van der Waals surface area (Å²) >= 11 is 0. The Bertz CT molecular complexity index is 517. The van der Waals surface area contributed by atoms with E-state index in [0.29, 0.717) is 18.2 Å². The van der Waals surface area contributed by atoms with Crippen molar-refractivity contribution in [3.63, 3.8) is 0 Å². The molecule has 1 aromatic heterocycles. The van der Waals surface area contributed by atoms with Crippen LogP contribution in [0, 0.1) is 17.4 Å². The van der Waals surface area contributed by atoms with E-state index in [1.807, 2.05) is 13.8 Å². The number of rotatable bonds is 3. The van der Waals surface area contributed by atoms with Crippen molar-refractivity contribution >= 4 is 14.2 Å². The molecule has 0 aliphatic carbocycles. The van der Waals surface area contributed by atoms with E-state index in [1.165, 1.54) is 4.90 Å². The first-order chi connectivity index (χ1) is 9.17. The molecule has 0 aliphatic heterocycles. The van der Waals surface area contributed by atoms with Crippen molar-refractivity contribution in [3.8, 4) is 17.4 Å². The van der Waals surface area contributed by atoms with Crippen LogP contribution in [0.4, 0.5) is 4.79 Å². The first kappa shape index (κ1) is 16.4. The fourth-order valence-electron chi connectivity index (χ4n) is 1.48. The van der Waals surface area contributed by atoms with Crippen LogP contribution in [0.1, 0.15) is 19.6 Å². The first-order valence-electron chi connectivity index (χ1n) is 6.73. The Morgan fingerprint density at radius 2 is 2.05 bits per heavy atom. The molecule has 110 valence electrons. The van der Waals surface area contributed by atoms with Crippen LogP contribution in [0.2, 0.25) is 19.6 Å². The van der Waals surface area contributed by atoms with E-state index in [4.69, 9.17) is 9.15 Å². The zero-order valence-electron chi connectivity index (χ0n) is 13.1. The van der Waals surface area contributed by atoms with Gasteiger partial charge in [0.15, 0.2) is 5.76 Å². The van der Waals surface area contributed by atoms with Gasteiger partial charge in [0.2, 0.25) is 0 Å². The van der Waals surface area contributed by atoms with Crippen LogP contribution in [0.3, 0.4) is 0 Å². The van der Waals surface area contributed by atoms with Crippen LogP contribution in [0.15, 0.2) is 16.5 Å². The van der Waals surface area contributed by atoms with E-state index in [-0.39, 0.29) is 5.95 Å². The molecule has 0 aromatic carbocycles. The summed E-state index contributed by atoms with van der Waals surface area (Å²) in [7, 11) is 0.269. The Morgan fingerprint density at radius 1 is 1.40 bits per heavy atom. The Balaban J connectivity index is 2.64. The third kappa shape index (κ3) is 5.98. The van der Waals surface area contributed by atoms with Crippen molar-refractivity contribution in [2.24, 2.45) is 5.92 Å². The predicted octanol–water partition coefficient (Wildman–Crippen LogP) is 3.60. The van der Waals surface area contributed by atoms with E-state index < -0.39 is 14.2 Å². The number of hydrogen-bond donors (Lipinski definition) is 0. The van der Waals surface area contributed by atoms with Crippen LogP contribution >= 0.6 is 0 Å². The van der Waals surface area contributed by atoms with E-state index >= 15 is 0 Å². The van der Waals surface area contributed by atoms with Crippen LogP contribution in [-0.2, 0) is 0 Å². The minimum absolute atomic E-state index is 0.186. The molecule has 0 bridgehead atoms.